The lowest BCUT2D eigenvalue weighted by atomic mass is 10.1. The van der Waals surface area contributed by atoms with E-state index in [9.17, 15) is 14.4 Å². The number of carbonyl (C=O) groups is 3. The summed E-state index contributed by atoms with van der Waals surface area (Å²) in [4.78, 5) is 37.4. The number of nitrogens with one attached hydrogen (secondary N) is 1. The highest BCUT2D eigenvalue weighted by molar-refractivity contribution is 7.07. The number of carboxylic acid groups (broad SMARTS) is 2. The molecule has 0 fully saturated rings. The average molecular weight is 292 g/mol. The fourth-order valence-corrected chi connectivity index (χ4v) is 2.00. The van der Waals surface area contributed by atoms with Gasteiger partial charge >= 0.3 is 11.9 Å². The van der Waals surface area contributed by atoms with Crippen LogP contribution in [-0.4, -0.2) is 33.0 Å². The zero-order valence-corrected chi connectivity index (χ0v) is 10.7. The van der Waals surface area contributed by atoms with E-state index in [0.717, 1.165) is 6.07 Å². The quantitative estimate of drug-likeness (QED) is 0.791. The van der Waals surface area contributed by atoms with Crippen LogP contribution in [0.4, 0.5) is 5.69 Å². The minimum Gasteiger partial charge on any atom is -0.478 e. The Morgan fingerprint density at radius 2 is 1.65 bits per heavy atom. The smallest absolute Gasteiger partial charge is 0.335 e. The molecule has 1 aromatic carbocycles. The Morgan fingerprint density at radius 3 is 2.10 bits per heavy atom. The van der Waals surface area contributed by atoms with Crippen molar-refractivity contribution in [3.63, 3.8) is 0 Å². The van der Waals surface area contributed by atoms with Gasteiger partial charge in [0.2, 0.25) is 0 Å². The molecule has 0 atom stereocenters. The SMILES string of the molecule is O=C(O)c1cc(NC(=O)c2cscn2)cc(C(=O)O)c1. The van der Waals surface area contributed by atoms with Gasteiger partial charge in [0.15, 0.2) is 0 Å². The topological polar surface area (TPSA) is 117 Å². The number of nitrogens with zero attached hydrogens (tertiary/aromatic N) is 1. The first-order chi connectivity index (χ1) is 9.47. The van der Waals surface area contributed by atoms with Crippen LogP contribution in [0.2, 0.25) is 0 Å². The number of carbonyl (C=O) groups excluding carboxylic acids is 1. The Morgan fingerprint density at radius 1 is 1.05 bits per heavy atom. The molecule has 2 rings (SSSR count). The fourth-order valence-electron chi connectivity index (χ4n) is 1.47. The molecule has 0 saturated carbocycles. The van der Waals surface area contributed by atoms with Crippen molar-refractivity contribution in [1.29, 1.82) is 0 Å². The lowest BCUT2D eigenvalue weighted by Crippen LogP contribution is -2.13. The van der Waals surface area contributed by atoms with Crippen molar-refractivity contribution < 1.29 is 24.6 Å². The van der Waals surface area contributed by atoms with Crippen LogP contribution in [0.15, 0.2) is 29.1 Å². The number of rotatable bonds is 4. The van der Waals surface area contributed by atoms with Crippen molar-refractivity contribution >= 4 is 34.9 Å². The zero-order chi connectivity index (χ0) is 14.7. The number of aromatic carboxylic acids is 2. The van der Waals surface area contributed by atoms with Crippen molar-refractivity contribution in [1.82, 2.24) is 4.98 Å². The van der Waals surface area contributed by atoms with Crippen LogP contribution in [0.1, 0.15) is 31.2 Å². The molecule has 0 saturated heterocycles. The Labute approximate surface area is 116 Å². The molecule has 102 valence electrons. The van der Waals surface area contributed by atoms with Gasteiger partial charge in [0.25, 0.3) is 5.91 Å². The number of hydrogen-bond acceptors (Lipinski definition) is 5. The van der Waals surface area contributed by atoms with Crippen molar-refractivity contribution in [3.8, 4) is 0 Å². The van der Waals surface area contributed by atoms with Crippen molar-refractivity contribution in [2.45, 2.75) is 0 Å². The van der Waals surface area contributed by atoms with E-state index in [1.165, 1.54) is 34.4 Å². The molecule has 0 unspecified atom stereocenters. The zero-order valence-electron chi connectivity index (χ0n) is 9.86. The van der Waals surface area contributed by atoms with Gasteiger partial charge in [-0.05, 0) is 18.2 Å². The summed E-state index contributed by atoms with van der Waals surface area (Å²) in [6.45, 7) is 0. The highest BCUT2D eigenvalue weighted by Gasteiger charge is 2.14. The fraction of sp³-hybridized carbons (Fsp3) is 0. The van der Waals surface area contributed by atoms with Gasteiger partial charge in [0.05, 0.1) is 16.6 Å². The van der Waals surface area contributed by atoms with Gasteiger partial charge in [-0.15, -0.1) is 11.3 Å². The van der Waals surface area contributed by atoms with Gasteiger partial charge in [0, 0.05) is 11.1 Å². The van der Waals surface area contributed by atoms with Gasteiger partial charge in [-0.1, -0.05) is 0 Å². The first-order valence-electron chi connectivity index (χ1n) is 5.28. The summed E-state index contributed by atoms with van der Waals surface area (Å²) >= 11 is 1.23. The molecule has 2 aromatic rings. The first kappa shape index (κ1) is 13.7. The lowest BCUT2D eigenvalue weighted by molar-refractivity contribution is 0.0696. The van der Waals surface area contributed by atoms with Crippen LogP contribution in [0.25, 0.3) is 0 Å². The lowest BCUT2D eigenvalue weighted by Gasteiger charge is -2.06. The van der Waals surface area contributed by atoms with Gasteiger partial charge < -0.3 is 15.5 Å². The minimum absolute atomic E-state index is 0.0836. The predicted octanol–water partition coefficient (Wildman–Crippen LogP) is 1.79. The van der Waals surface area contributed by atoms with Crippen LogP contribution < -0.4 is 5.32 Å². The number of aromatic nitrogens is 1. The molecule has 7 nitrogen and oxygen atoms in total. The largest absolute Gasteiger partial charge is 0.478 e. The first-order valence-corrected chi connectivity index (χ1v) is 6.23. The van der Waals surface area contributed by atoms with Crippen LogP contribution in [0.3, 0.4) is 0 Å². The third-order valence-electron chi connectivity index (χ3n) is 2.35. The molecule has 3 N–H and O–H groups in total. The normalized spacial score (nSPS) is 10.0. The maximum Gasteiger partial charge on any atom is 0.335 e. The van der Waals surface area contributed by atoms with E-state index in [2.05, 4.69) is 10.3 Å². The Kier molecular flexibility index (Phi) is 3.76. The molecule has 0 radical (unpaired) electrons. The van der Waals surface area contributed by atoms with Gasteiger partial charge in [-0.2, -0.15) is 0 Å². The monoisotopic (exact) mass is 292 g/mol. The molecule has 8 heteroatoms. The van der Waals surface area contributed by atoms with E-state index in [1.807, 2.05) is 0 Å². The van der Waals surface area contributed by atoms with Crippen LogP contribution >= 0.6 is 11.3 Å². The van der Waals surface area contributed by atoms with E-state index < -0.39 is 17.8 Å². The van der Waals surface area contributed by atoms with Crippen molar-refractivity contribution in [3.05, 3.63) is 45.9 Å². The van der Waals surface area contributed by atoms with Gasteiger partial charge in [0.1, 0.15) is 5.69 Å². The molecule has 0 aliphatic rings. The van der Waals surface area contributed by atoms with E-state index in [4.69, 9.17) is 10.2 Å². The van der Waals surface area contributed by atoms with Crippen LogP contribution in [0, 0.1) is 0 Å². The minimum atomic E-state index is -1.28. The Balaban J connectivity index is 2.33. The summed E-state index contributed by atoms with van der Waals surface area (Å²) in [5.41, 5.74) is 1.29. The van der Waals surface area contributed by atoms with Crippen molar-refractivity contribution in [2.75, 3.05) is 5.32 Å². The standard InChI is InChI=1S/C12H8N2O5S/c15-10(9-4-20-5-13-9)14-8-2-6(11(16)17)1-7(3-8)12(18)19/h1-5H,(H,14,15)(H,16,17)(H,18,19). The second-order valence-electron chi connectivity index (χ2n) is 3.74. The highest BCUT2D eigenvalue weighted by Crippen LogP contribution is 2.16. The van der Waals surface area contributed by atoms with Gasteiger partial charge in [-0.25, -0.2) is 14.6 Å². The van der Waals surface area contributed by atoms with E-state index in [-0.39, 0.29) is 22.5 Å². The second-order valence-corrected chi connectivity index (χ2v) is 4.46. The van der Waals surface area contributed by atoms with E-state index in [0.29, 0.717) is 0 Å². The number of amides is 1. The maximum absolute atomic E-state index is 11.8. The predicted molar refractivity (Wildman–Crippen MR) is 70.4 cm³/mol. The Hall–Kier alpha value is -2.74. The summed E-state index contributed by atoms with van der Waals surface area (Å²) in [5, 5.41) is 21.8. The third kappa shape index (κ3) is 2.98. The number of anilines is 1. The molecule has 0 spiro atoms. The molecular formula is C12H8N2O5S. The summed E-state index contributed by atoms with van der Waals surface area (Å²) in [6.07, 6.45) is 0. The highest BCUT2D eigenvalue weighted by atomic mass is 32.1. The summed E-state index contributed by atoms with van der Waals surface area (Å²) < 4.78 is 0. The third-order valence-corrected chi connectivity index (χ3v) is 2.94. The summed E-state index contributed by atoms with van der Waals surface area (Å²) in [7, 11) is 0. The Bertz CT molecular complexity index is 649. The summed E-state index contributed by atoms with van der Waals surface area (Å²) in [6, 6.07) is 3.38. The number of hydrogen-bond donors (Lipinski definition) is 3. The van der Waals surface area contributed by atoms with Crippen molar-refractivity contribution in [2.24, 2.45) is 0 Å². The van der Waals surface area contributed by atoms with Crippen LogP contribution in [0.5, 0.6) is 0 Å². The average Bonchev–Trinajstić information content (AvgIpc) is 2.92. The molecule has 0 aliphatic carbocycles. The maximum atomic E-state index is 11.8. The van der Waals surface area contributed by atoms with Crippen LogP contribution in [-0.2, 0) is 0 Å². The second kappa shape index (κ2) is 5.49. The molecule has 1 aromatic heterocycles. The van der Waals surface area contributed by atoms with Gasteiger partial charge in [-0.3, -0.25) is 4.79 Å². The molecule has 1 heterocycles. The molecule has 20 heavy (non-hydrogen) atoms. The number of thiazole rings is 1. The van der Waals surface area contributed by atoms with E-state index in [1.54, 1.807) is 0 Å². The molecule has 0 aliphatic heterocycles. The summed E-state index contributed by atoms with van der Waals surface area (Å²) in [5.74, 6) is -3.10. The molecule has 0 bridgehead atoms. The molecular weight excluding hydrogens is 284 g/mol. The number of carboxylic acids is 2. The van der Waals surface area contributed by atoms with E-state index >= 15 is 0 Å². The molecule has 1 amide bonds. The number of benzene rings is 1.